The van der Waals surface area contributed by atoms with Crippen LogP contribution in [0.4, 0.5) is 0 Å². The maximum Gasteiger partial charge on any atom is 0.0339 e. The molecule has 2 aliphatic rings. The molecule has 2 aliphatic heterocycles. The van der Waals surface area contributed by atoms with Crippen molar-refractivity contribution in [3.05, 3.63) is 12.3 Å². The van der Waals surface area contributed by atoms with Crippen LogP contribution in [0.15, 0.2) is 12.3 Å². The van der Waals surface area contributed by atoms with Gasteiger partial charge in [-0.3, -0.25) is 0 Å². The zero-order chi connectivity index (χ0) is 12.8. The predicted molar refractivity (Wildman–Crippen MR) is 76.1 cm³/mol. The Balaban J connectivity index is 0.000000686. The normalized spacial score (nSPS) is 28.4. The number of hydrogen-bond acceptors (Lipinski definition) is 2. The average molecular weight is 238 g/mol. The Labute approximate surface area is 108 Å². The van der Waals surface area contributed by atoms with E-state index in [0.717, 1.165) is 18.4 Å². The van der Waals surface area contributed by atoms with Crippen LogP contribution in [0, 0.1) is 5.92 Å². The van der Waals surface area contributed by atoms with Crippen molar-refractivity contribution in [2.24, 2.45) is 5.92 Å². The van der Waals surface area contributed by atoms with E-state index in [-0.39, 0.29) is 0 Å². The summed E-state index contributed by atoms with van der Waals surface area (Å²) < 4.78 is 0. The highest BCUT2D eigenvalue weighted by Crippen LogP contribution is 2.33. The molecule has 2 saturated heterocycles. The number of piperidine rings is 1. The van der Waals surface area contributed by atoms with Crippen LogP contribution in [0.3, 0.4) is 0 Å². The fraction of sp³-hybridized carbons (Fsp3) is 0.867. The molecule has 2 rings (SSSR count). The number of likely N-dealkylation sites (tertiary alicyclic amines) is 2. The summed E-state index contributed by atoms with van der Waals surface area (Å²) in [6.07, 6.45) is 3.83. The van der Waals surface area contributed by atoms with Crippen molar-refractivity contribution < 1.29 is 0 Å². The van der Waals surface area contributed by atoms with Crippen LogP contribution < -0.4 is 0 Å². The van der Waals surface area contributed by atoms with Crippen LogP contribution in [0.1, 0.15) is 47.0 Å². The quantitative estimate of drug-likeness (QED) is 0.744. The maximum absolute atomic E-state index is 4.20. The van der Waals surface area contributed by atoms with Crippen LogP contribution >= 0.6 is 0 Å². The highest BCUT2D eigenvalue weighted by molar-refractivity contribution is 5.03. The number of fused-ring (bicyclic) bond motifs is 1. The Kier molecular flexibility index (Phi) is 6.04. The molecule has 2 heteroatoms. The molecule has 100 valence electrons. The lowest BCUT2D eigenvalue weighted by molar-refractivity contribution is 0.130. The SMILES string of the molecule is C=C(CC)N1CC[C@@H]2CN(CC)CC[C@@H]21.CC. The fourth-order valence-electron chi connectivity index (χ4n) is 3.14. The highest BCUT2D eigenvalue weighted by atomic mass is 15.2. The summed E-state index contributed by atoms with van der Waals surface area (Å²) >= 11 is 0. The summed E-state index contributed by atoms with van der Waals surface area (Å²) in [4.78, 5) is 5.18. The average Bonchev–Trinajstić information content (AvgIpc) is 2.82. The highest BCUT2D eigenvalue weighted by Gasteiger charge is 2.37. The van der Waals surface area contributed by atoms with E-state index in [2.05, 4.69) is 30.2 Å². The van der Waals surface area contributed by atoms with Crippen LogP contribution in [-0.4, -0.2) is 42.0 Å². The van der Waals surface area contributed by atoms with E-state index in [1.807, 2.05) is 13.8 Å². The first-order valence-electron chi connectivity index (χ1n) is 7.43. The molecule has 0 saturated carbocycles. The van der Waals surface area contributed by atoms with Crippen LogP contribution in [0.25, 0.3) is 0 Å². The van der Waals surface area contributed by atoms with Crippen molar-refractivity contribution in [1.82, 2.24) is 9.80 Å². The van der Waals surface area contributed by atoms with Gasteiger partial charge in [-0.2, -0.15) is 0 Å². The lowest BCUT2D eigenvalue weighted by atomic mass is 9.92. The van der Waals surface area contributed by atoms with Crippen molar-refractivity contribution in [3.8, 4) is 0 Å². The van der Waals surface area contributed by atoms with Crippen molar-refractivity contribution in [3.63, 3.8) is 0 Å². The van der Waals surface area contributed by atoms with Crippen molar-refractivity contribution >= 4 is 0 Å². The largest absolute Gasteiger partial charge is 0.372 e. The molecule has 0 N–H and O–H groups in total. The minimum atomic E-state index is 0.806. The Morgan fingerprint density at radius 2 is 1.88 bits per heavy atom. The van der Waals surface area contributed by atoms with E-state index in [0.29, 0.717) is 0 Å². The van der Waals surface area contributed by atoms with Gasteiger partial charge < -0.3 is 9.80 Å². The molecule has 0 spiro atoms. The molecule has 2 heterocycles. The summed E-state index contributed by atoms with van der Waals surface area (Å²) in [6, 6.07) is 0.806. The molecule has 0 aliphatic carbocycles. The Morgan fingerprint density at radius 1 is 1.18 bits per heavy atom. The van der Waals surface area contributed by atoms with E-state index in [1.165, 1.54) is 44.7 Å². The summed E-state index contributed by atoms with van der Waals surface area (Å²) in [6.45, 7) is 17.8. The molecule has 2 nitrogen and oxygen atoms in total. The summed E-state index contributed by atoms with van der Waals surface area (Å²) in [7, 11) is 0. The maximum atomic E-state index is 4.20. The summed E-state index contributed by atoms with van der Waals surface area (Å²) in [5.74, 6) is 0.905. The Morgan fingerprint density at radius 3 is 2.47 bits per heavy atom. The van der Waals surface area contributed by atoms with Crippen LogP contribution in [0.2, 0.25) is 0 Å². The molecule has 0 aromatic carbocycles. The molecule has 2 fully saturated rings. The number of allylic oxidation sites excluding steroid dienone is 1. The van der Waals surface area contributed by atoms with Gasteiger partial charge in [-0.05, 0) is 31.7 Å². The van der Waals surface area contributed by atoms with E-state index in [1.54, 1.807) is 0 Å². The van der Waals surface area contributed by atoms with Crippen molar-refractivity contribution in [2.45, 2.75) is 53.0 Å². The number of hydrogen-bond donors (Lipinski definition) is 0. The van der Waals surface area contributed by atoms with Crippen LogP contribution in [0.5, 0.6) is 0 Å². The van der Waals surface area contributed by atoms with Crippen LogP contribution in [-0.2, 0) is 0 Å². The minimum Gasteiger partial charge on any atom is -0.372 e. The predicted octanol–water partition coefficient (Wildman–Crippen LogP) is 3.35. The third-order valence-corrected chi connectivity index (χ3v) is 4.18. The van der Waals surface area contributed by atoms with Gasteiger partial charge >= 0.3 is 0 Å². The number of rotatable bonds is 3. The van der Waals surface area contributed by atoms with E-state index >= 15 is 0 Å². The topological polar surface area (TPSA) is 6.48 Å². The van der Waals surface area contributed by atoms with Gasteiger partial charge in [0.05, 0.1) is 0 Å². The second kappa shape index (κ2) is 7.05. The van der Waals surface area contributed by atoms with Gasteiger partial charge in [0.15, 0.2) is 0 Å². The van der Waals surface area contributed by atoms with Gasteiger partial charge in [0.1, 0.15) is 0 Å². The third-order valence-electron chi connectivity index (χ3n) is 4.18. The van der Waals surface area contributed by atoms with Gasteiger partial charge in [-0.25, -0.2) is 0 Å². The lowest BCUT2D eigenvalue weighted by Gasteiger charge is -2.38. The second-order valence-electron chi connectivity index (χ2n) is 4.91. The first-order valence-corrected chi connectivity index (χ1v) is 7.43. The first-order chi connectivity index (χ1) is 8.26. The molecule has 0 aromatic heterocycles. The summed E-state index contributed by atoms with van der Waals surface area (Å²) in [5.41, 5.74) is 1.35. The minimum absolute atomic E-state index is 0.806. The molecule has 0 aromatic rings. The van der Waals surface area contributed by atoms with Gasteiger partial charge in [-0.1, -0.05) is 34.3 Å². The van der Waals surface area contributed by atoms with Gasteiger partial charge in [0, 0.05) is 31.4 Å². The molecular weight excluding hydrogens is 208 g/mol. The Bertz CT molecular complexity index is 237. The zero-order valence-corrected chi connectivity index (χ0v) is 12.2. The van der Waals surface area contributed by atoms with Gasteiger partial charge in [0.25, 0.3) is 0 Å². The number of nitrogens with zero attached hydrogens (tertiary/aromatic N) is 2. The standard InChI is InChI=1S/C13H24N2.C2H6/c1-4-11(3)15-9-6-12-10-14(5-2)8-7-13(12)15;1-2/h12-13H,3-10H2,1-2H3;1-2H3/t12-,13+;/m1./s1. The van der Waals surface area contributed by atoms with E-state index < -0.39 is 0 Å². The third kappa shape index (κ3) is 3.25. The molecule has 0 amide bonds. The zero-order valence-electron chi connectivity index (χ0n) is 12.2. The molecule has 0 radical (unpaired) electrons. The lowest BCUT2D eigenvalue weighted by Crippen LogP contribution is -2.45. The van der Waals surface area contributed by atoms with Gasteiger partial charge in [-0.15, -0.1) is 0 Å². The Hall–Kier alpha value is -0.500. The first kappa shape index (κ1) is 14.6. The summed E-state index contributed by atoms with van der Waals surface area (Å²) in [5, 5.41) is 0. The molecule has 0 bridgehead atoms. The molecule has 2 atom stereocenters. The molecular formula is C15H30N2. The van der Waals surface area contributed by atoms with Crippen molar-refractivity contribution in [1.29, 1.82) is 0 Å². The smallest absolute Gasteiger partial charge is 0.0339 e. The fourth-order valence-corrected chi connectivity index (χ4v) is 3.14. The monoisotopic (exact) mass is 238 g/mol. The molecule has 17 heavy (non-hydrogen) atoms. The van der Waals surface area contributed by atoms with Gasteiger partial charge in [0.2, 0.25) is 0 Å². The second-order valence-corrected chi connectivity index (χ2v) is 4.91. The van der Waals surface area contributed by atoms with Crippen molar-refractivity contribution in [2.75, 3.05) is 26.2 Å². The molecule has 0 unspecified atom stereocenters. The van der Waals surface area contributed by atoms with E-state index in [4.69, 9.17) is 0 Å². The van der Waals surface area contributed by atoms with E-state index in [9.17, 15) is 0 Å².